The molecule has 0 spiro atoms. The first-order valence-corrected chi connectivity index (χ1v) is 5.68. The number of anilines is 1. The van der Waals surface area contributed by atoms with Gasteiger partial charge in [-0.2, -0.15) is 4.28 Å². The maximum Gasteiger partial charge on any atom is 0.277 e. The lowest BCUT2D eigenvalue weighted by molar-refractivity contribution is 0.321. The molecular weight excluding hydrogens is 228 g/mol. The Morgan fingerprint density at radius 2 is 2.00 bits per heavy atom. The molecule has 2 aromatic rings. The molecule has 1 heterocycles. The highest BCUT2D eigenvalue weighted by Crippen LogP contribution is 2.23. The Morgan fingerprint density at radius 1 is 1.25 bits per heavy atom. The van der Waals surface area contributed by atoms with Crippen molar-refractivity contribution in [1.29, 1.82) is 0 Å². The molecule has 0 aliphatic carbocycles. The zero-order chi connectivity index (χ0) is 11.5. The van der Waals surface area contributed by atoms with E-state index in [1.165, 1.54) is 12.1 Å². The number of fused-ring (bicyclic) bond motifs is 1. The van der Waals surface area contributed by atoms with Gasteiger partial charge in [0.25, 0.3) is 11.0 Å². The molecule has 1 aromatic heterocycles. The number of aromatic nitrogens is 1. The van der Waals surface area contributed by atoms with Crippen LogP contribution in [0.5, 0.6) is 0 Å². The average molecular weight is 238 g/mol. The number of para-hydroxylation sites is 1. The van der Waals surface area contributed by atoms with E-state index in [-0.39, 0.29) is 0 Å². The molecular formula is C10H10N2O3S. The molecule has 0 amide bonds. The summed E-state index contributed by atoms with van der Waals surface area (Å²) in [5.74, 6) is 0. The van der Waals surface area contributed by atoms with E-state index in [9.17, 15) is 8.42 Å². The third kappa shape index (κ3) is 2.12. The van der Waals surface area contributed by atoms with Gasteiger partial charge in [-0.05, 0) is 12.1 Å². The molecule has 0 aliphatic rings. The van der Waals surface area contributed by atoms with Crippen molar-refractivity contribution in [1.82, 2.24) is 4.98 Å². The highest BCUT2D eigenvalue weighted by atomic mass is 32.2. The molecule has 0 bridgehead atoms. The lowest BCUT2D eigenvalue weighted by Gasteiger charge is -2.15. The zero-order valence-electron chi connectivity index (χ0n) is 8.53. The highest BCUT2D eigenvalue weighted by molar-refractivity contribution is 7.67. The summed E-state index contributed by atoms with van der Waals surface area (Å²) in [5.41, 5.74) is 1.31. The van der Waals surface area contributed by atoms with E-state index < -0.39 is 11.0 Å². The smallest absolute Gasteiger partial charge is 0.254 e. The van der Waals surface area contributed by atoms with Gasteiger partial charge >= 0.3 is 0 Å². The Bertz CT molecular complexity index is 570. The van der Waals surface area contributed by atoms with Gasteiger partial charge < -0.3 is 0 Å². The third-order valence-corrected chi connectivity index (χ3v) is 2.52. The summed E-state index contributed by atoms with van der Waals surface area (Å²) in [4.78, 5) is 4.19. The number of hydroxylamine groups is 1. The summed E-state index contributed by atoms with van der Waals surface area (Å²) in [6.45, 7) is 0. The van der Waals surface area contributed by atoms with Gasteiger partial charge in [0.15, 0.2) is 0 Å². The fourth-order valence-electron chi connectivity index (χ4n) is 1.49. The largest absolute Gasteiger partial charge is 0.277 e. The minimum atomic E-state index is -2.92. The Morgan fingerprint density at radius 3 is 2.75 bits per heavy atom. The predicted molar refractivity (Wildman–Crippen MR) is 61.5 cm³/mol. The lowest BCUT2D eigenvalue weighted by atomic mass is 10.2. The normalized spacial score (nSPS) is 10.9. The van der Waals surface area contributed by atoms with Crippen molar-refractivity contribution in [2.75, 3.05) is 12.1 Å². The fourth-order valence-corrected chi connectivity index (χ4v) is 1.77. The van der Waals surface area contributed by atoms with Crippen LogP contribution in [-0.4, -0.2) is 20.4 Å². The molecule has 0 saturated heterocycles. The summed E-state index contributed by atoms with van der Waals surface area (Å²) in [7, 11) is -1.40. The van der Waals surface area contributed by atoms with Crippen LogP contribution in [0.25, 0.3) is 10.9 Å². The first-order chi connectivity index (χ1) is 7.68. The van der Waals surface area contributed by atoms with Gasteiger partial charge in [0.1, 0.15) is 0 Å². The van der Waals surface area contributed by atoms with E-state index in [2.05, 4.69) is 9.27 Å². The second-order valence-electron chi connectivity index (χ2n) is 3.15. The van der Waals surface area contributed by atoms with Gasteiger partial charge in [0, 0.05) is 18.6 Å². The topological polar surface area (TPSA) is 59.5 Å². The molecule has 0 saturated carbocycles. The van der Waals surface area contributed by atoms with Crippen LogP contribution in [0.2, 0.25) is 0 Å². The van der Waals surface area contributed by atoms with Crippen molar-refractivity contribution in [3.8, 4) is 0 Å². The van der Waals surface area contributed by atoms with Crippen molar-refractivity contribution in [3.05, 3.63) is 36.5 Å². The van der Waals surface area contributed by atoms with Gasteiger partial charge in [0.2, 0.25) is 0 Å². The molecule has 0 fully saturated rings. The molecule has 16 heavy (non-hydrogen) atoms. The number of hydrogen-bond donors (Lipinski definition) is 1. The van der Waals surface area contributed by atoms with E-state index in [0.717, 1.165) is 5.39 Å². The number of thiol groups is 1. The molecule has 0 aliphatic heterocycles. The maximum absolute atomic E-state index is 10.5. The molecule has 5 nitrogen and oxygen atoms in total. The van der Waals surface area contributed by atoms with Gasteiger partial charge in [-0.1, -0.05) is 18.2 Å². The number of rotatable bonds is 3. The van der Waals surface area contributed by atoms with Crippen LogP contribution in [0.15, 0.2) is 36.5 Å². The number of hydrogen-bond acceptors (Lipinski definition) is 5. The van der Waals surface area contributed by atoms with E-state index in [1.807, 2.05) is 24.3 Å². The monoisotopic (exact) mass is 238 g/mol. The first kappa shape index (κ1) is 10.8. The van der Waals surface area contributed by atoms with Crippen molar-refractivity contribution >= 4 is 27.6 Å². The van der Waals surface area contributed by atoms with E-state index >= 15 is 0 Å². The molecule has 0 N–H and O–H groups in total. The first-order valence-electron chi connectivity index (χ1n) is 4.58. The Balaban J connectivity index is 2.51. The Hall–Kier alpha value is -1.66. The number of nitrogens with zero attached hydrogens (tertiary/aromatic N) is 2. The highest BCUT2D eigenvalue weighted by Gasteiger charge is 2.07. The van der Waals surface area contributed by atoms with E-state index in [4.69, 9.17) is 0 Å². The van der Waals surface area contributed by atoms with Crippen LogP contribution in [0, 0.1) is 0 Å². The Labute approximate surface area is 94.4 Å². The molecule has 0 radical (unpaired) electrons. The van der Waals surface area contributed by atoms with Crippen molar-refractivity contribution in [3.63, 3.8) is 0 Å². The fraction of sp³-hybridized carbons (Fsp3) is 0.100. The summed E-state index contributed by atoms with van der Waals surface area (Å²) >= 11 is 0. The number of pyridine rings is 1. The van der Waals surface area contributed by atoms with E-state index in [0.29, 0.717) is 11.2 Å². The minimum absolute atomic E-state index is 0.609. The molecule has 1 aromatic carbocycles. The standard InChI is InChI=1S/C10H10N2O3S/c1-12(15-16(13)14)9-6-2-4-8-5-3-7-11-10(8)9/h2-7,16H,1H3. The quantitative estimate of drug-likeness (QED) is 0.641. The molecule has 6 heteroatoms. The molecule has 0 unspecified atom stereocenters. The van der Waals surface area contributed by atoms with Crippen LogP contribution >= 0.6 is 0 Å². The lowest BCUT2D eigenvalue weighted by Crippen LogP contribution is -2.17. The van der Waals surface area contributed by atoms with Crippen molar-refractivity contribution < 1.29 is 12.7 Å². The van der Waals surface area contributed by atoms with Crippen LogP contribution in [0.3, 0.4) is 0 Å². The van der Waals surface area contributed by atoms with Gasteiger partial charge in [-0.25, -0.2) is 13.5 Å². The van der Waals surface area contributed by atoms with E-state index in [1.54, 1.807) is 12.3 Å². The molecule has 84 valence electrons. The van der Waals surface area contributed by atoms with Gasteiger partial charge in [-0.3, -0.25) is 4.98 Å². The zero-order valence-corrected chi connectivity index (χ0v) is 9.42. The van der Waals surface area contributed by atoms with Crippen molar-refractivity contribution in [2.45, 2.75) is 0 Å². The van der Waals surface area contributed by atoms with Gasteiger partial charge in [-0.15, -0.1) is 0 Å². The second kappa shape index (κ2) is 4.46. The summed E-state index contributed by atoms with van der Waals surface area (Å²) in [6, 6.07) is 9.18. The second-order valence-corrected chi connectivity index (χ2v) is 3.77. The van der Waals surface area contributed by atoms with Crippen LogP contribution in [-0.2, 0) is 15.3 Å². The van der Waals surface area contributed by atoms with Crippen molar-refractivity contribution in [2.24, 2.45) is 0 Å². The summed E-state index contributed by atoms with van der Waals surface area (Å²) < 4.78 is 25.5. The average Bonchev–Trinajstić information content (AvgIpc) is 2.27. The number of benzene rings is 1. The van der Waals surface area contributed by atoms with Crippen LogP contribution in [0.1, 0.15) is 0 Å². The Kier molecular flexibility index (Phi) is 3.02. The summed E-state index contributed by atoms with van der Waals surface area (Å²) in [6.07, 6.45) is 1.65. The maximum atomic E-state index is 10.5. The minimum Gasteiger partial charge on any atom is -0.254 e. The molecule has 2 rings (SSSR count). The van der Waals surface area contributed by atoms with Gasteiger partial charge in [0.05, 0.1) is 11.2 Å². The third-order valence-electron chi connectivity index (χ3n) is 2.14. The van der Waals surface area contributed by atoms with Crippen LogP contribution < -0.4 is 5.06 Å². The predicted octanol–water partition coefficient (Wildman–Crippen LogP) is 1.13. The SMILES string of the molecule is CN(O[SH](=O)=O)c1cccc2cccnc12. The molecule has 0 atom stereocenters. The summed E-state index contributed by atoms with van der Waals surface area (Å²) in [5, 5.41) is 2.11. The van der Waals surface area contributed by atoms with Crippen LogP contribution in [0.4, 0.5) is 5.69 Å².